The van der Waals surface area contributed by atoms with Gasteiger partial charge in [-0.15, -0.1) is 0 Å². The van der Waals surface area contributed by atoms with Crippen molar-refractivity contribution in [2.45, 2.75) is 43.7 Å². The van der Waals surface area contributed by atoms with E-state index in [1.54, 1.807) is 12.1 Å². The SMILES string of the molecule is C[C@H]1C=C[C@@H](N)[C@H]2CN(c3ncc4c(=O)c(C(=O)O)cn(C5CC5)c4c3Cl)C[C@H]21.Cc1ccc(S(=O)(=O)O)cc1. The standard InChI is InChI=1S/C21H23ClN4O3.C7H8O3S/c1-10-2-5-16(23)14-8-25(7-13(10)14)20-17(22)18-12(6-24-20)19(27)15(21(28)29)9-26(18)11-3-4-11;1-6-2-4-7(5-3-6)11(8,9)10/h2,5-6,9-11,13-14,16H,3-4,7-8,23H2,1H3,(H,28,29);2-5H,1H3,(H,8,9,10)/t10-,13-,14-,16+;/m0./s1. The second-order valence-electron chi connectivity index (χ2n) is 10.8. The number of fused-ring (bicyclic) bond motifs is 2. The Bertz CT molecular complexity index is 1650. The van der Waals surface area contributed by atoms with Crippen LogP contribution in [0.4, 0.5) is 5.82 Å². The number of hydrogen-bond donors (Lipinski definition) is 3. The number of nitrogens with zero attached hydrogens (tertiary/aromatic N) is 3. The summed E-state index contributed by atoms with van der Waals surface area (Å²) in [6.45, 7) is 5.62. The van der Waals surface area contributed by atoms with Crippen LogP contribution < -0.4 is 16.1 Å². The molecule has 3 aromatic rings. The van der Waals surface area contributed by atoms with Crippen LogP contribution >= 0.6 is 11.6 Å². The molecule has 2 aromatic heterocycles. The van der Waals surface area contributed by atoms with E-state index in [-0.39, 0.29) is 27.9 Å². The zero-order chi connectivity index (χ0) is 28.9. The van der Waals surface area contributed by atoms with Crippen molar-refractivity contribution in [2.75, 3.05) is 18.0 Å². The van der Waals surface area contributed by atoms with Gasteiger partial charge in [-0.25, -0.2) is 9.78 Å². The summed E-state index contributed by atoms with van der Waals surface area (Å²) in [7, 11) is -4.02. The molecule has 4 N–H and O–H groups in total. The van der Waals surface area contributed by atoms with Crippen molar-refractivity contribution in [1.29, 1.82) is 0 Å². The van der Waals surface area contributed by atoms with E-state index in [1.165, 1.54) is 24.5 Å². The van der Waals surface area contributed by atoms with Gasteiger partial charge >= 0.3 is 5.97 Å². The van der Waals surface area contributed by atoms with Gasteiger partial charge in [0.25, 0.3) is 10.1 Å². The average Bonchev–Trinajstić information content (AvgIpc) is 3.64. The van der Waals surface area contributed by atoms with E-state index in [0.717, 1.165) is 31.5 Å². The average molecular weight is 587 g/mol. The van der Waals surface area contributed by atoms with Crippen LogP contribution in [0.1, 0.15) is 41.7 Å². The fourth-order valence-corrected chi connectivity index (χ4v) is 6.44. The lowest BCUT2D eigenvalue weighted by Crippen LogP contribution is -2.38. The number of hydrogen-bond acceptors (Lipinski definition) is 7. The summed E-state index contributed by atoms with van der Waals surface area (Å²) in [5.74, 6) is 0.620. The van der Waals surface area contributed by atoms with Gasteiger partial charge < -0.3 is 20.3 Å². The van der Waals surface area contributed by atoms with Gasteiger partial charge in [0.15, 0.2) is 0 Å². The number of anilines is 1. The molecule has 3 aliphatic rings. The van der Waals surface area contributed by atoms with Gasteiger partial charge in [0.1, 0.15) is 16.4 Å². The third kappa shape index (κ3) is 5.38. The topological polar surface area (TPSA) is 156 Å². The number of allylic oxidation sites excluding steroid dienone is 1. The number of aromatic nitrogens is 2. The second-order valence-corrected chi connectivity index (χ2v) is 12.6. The monoisotopic (exact) mass is 586 g/mol. The van der Waals surface area contributed by atoms with Gasteiger partial charge in [-0.2, -0.15) is 8.42 Å². The second kappa shape index (κ2) is 10.6. The normalized spacial score (nSPS) is 24.0. The Balaban J connectivity index is 0.000000248. The highest BCUT2D eigenvalue weighted by Crippen LogP contribution is 2.43. The first-order chi connectivity index (χ1) is 18.9. The maximum atomic E-state index is 12.7. The third-order valence-corrected chi connectivity index (χ3v) is 9.21. The molecule has 3 heterocycles. The van der Waals surface area contributed by atoms with Crippen LogP contribution in [0.3, 0.4) is 0 Å². The third-order valence-electron chi connectivity index (χ3n) is 8.00. The Hall–Kier alpha value is -3.25. The summed E-state index contributed by atoms with van der Waals surface area (Å²) in [5.41, 5.74) is 7.07. The van der Waals surface area contributed by atoms with E-state index in [4.69, 9.17) is 21.9 Å². The van der Waals surface area contributed by atoms with E-state index in [9.17, 15) is 23.1 Å². The summed E-state index contributed by atoms with van der Waals surface area (Å²) >= 11 is 6.81. The summed E-state index contributed by atoms with van der Waals surface area (Å²) < 4.78 is 31.4. The molecule has 0 spiro atoms. The van der Waals surface area contributed by atoms with Crippen molar-refractivity contribution in [1.82, 2.24) is 9.55 Å². The molecule has 10 nitrogen and oxygen atoms in total. The molecule has 212 valence electrons. The van der Waals surface area contributed by atoms with E-state index in [0.29, 0.717) is 34.1 Å². The molecule has 1 aromatic carbocycles. The number of benzene rings is 1. The van der Waals surface area contributed by atoms with Gasteiger partial charge in [0.2, 0.25) is 5.43 Å². The largest absolute Gasteiger partial charge is 0.477 e. The first kappa shape index (κ1) is 28.3. The summed E-state index contributed by atoms with van der Waals surface area (Å²) in [4.78, 5) is 30.8. The highest BCUT2D eigenvalue weighted by molar-refractivity contribution is 7.85. The molecule has 0 amide bonds. The first-order valence-electron chi connectivity index (χ1n) is 13.1. The Morgan fingerprint density at radius 3 is 2.35 bits per heavy atom. The van der Waals surface area contributed by atoms with E-state index in [2.05, 4.69) is 29.0 Å². The van der Waals surface area contributed by atoms with Crippen molar-refractivity contribution < 1.29 is 22.9 Å². The van der Waals surface area contributed by atoms with Crippen LogP contribution in [0.2, 0.25) is 5.02 Å². The lowest BCUT2D eigenvalue weighted by Gasteiger charge is -2.30. The number of aryl methyl sites for hydroxylation is 1. The quantitative estimate of drug-likeness (QED) is 0.304. The summed E-state index contributed by atoms with van der Waals surface area (Å²) in [6.07, 6.45) is 9.07. The van der Waals surface area contributed by atoms with Gasteiger partial charge in [0.05, 0.1) is 15.8 Å². The lowest BCUT2D eigenvalue weighted by atomic mass is 9.77. The molecule has 0 bridgehead atoms. The lowest BCUT2D eigenvalue weighted by molar-refractivity contribution is 0.0694. The molecule has 1 saturated carbocycles. The molecule has 1 aliphatic heterocycles. The Morgan fingerprint density at radius 1 is 1.12 bits per heavy atom. The fourth-order valence-electron chi connectivity index (χ4n) is 5.60. The minimum Gasteiger partial charge on any atom is -0.477 e. The van der Waals surface area contributed by atoms with Crippen LogP contribution in [0.25, 0.3) is 10.9 Å². The highest BCUT2D eigenvalue weighted by Gasteiger charge is 2.41. The number of pyridine rings is 2. The van der Waals surface area contributed by atoms with Crippen molar-refractivity contribution in [3.8, 4) is 0 Å². The van der Waals surface area contributed by atoms with Crippen LogP contribution in [0.5, 0.6) is 0 Å². The zero-order valence-electron chi connectivity index (χ0n) is 22.1. The van der Waals surface area contributed by atoms with Gasteiger partial charge in [-0.05, 0) is 43.7 Å². The van der Waals surface area contributed by atoms with Crippen LogP contribution in [0, 0.1) is 24.7 Å². The molecule has 40 heavy (non-hydrogen) atoms. The summed E-state index contributed by atoms with van der Waals surface area (Å²) in [6, 6.07) is 6.17. The van der Waals surface area contributed by atoms with Gasteiger partial charge in [-0.1, -0.05) is 48.4 Å². The number of carboxylic acids is 1. The Kier molecular flexibility index (Phi) is 7.51. The predicted octanol–water partition coefficient (Wildman–Crippen LogP) is 3.91. The molecule has 0 unspecified atom stereocenters. The maximum absolute atomic E-state index is 12.7. The first-order valence-corrected chi connectivity index (χ1v) is 14.9. The number of carboxylic acid groups (broad SMARTS) is 1. The number of rotatable bonds is 4. The number of halogens is 1. The Labute approximate surface area is 236 Å². The number of nitrogens with two attached hydrogens (primary N) is 1. The van der Waals surface area contributed by atoms with Crippen LogP contribution in [-0.4, -0.2) is 52.7 Å². The molecule has 2 aliphatic carbocycles. The van der Waals surface area contributed by atoms with E-state index in [1.807, 2.05) is 11.5 Å². The number of aromatic carboxylic acids is 1. The van der Waals surface area contributed by atoms with Crippen molar-refractivity contribution >= 4 is 44.4 Å². The molecular weight excluding hydrogens is 556 g/mol. The van der Waals surface area contributed by atoms with Crippen LogP contribution in [0.15, 0.2) is 58.5 Å². The molecule has 12 heteroatoms. The zero-order valence-corrected chi connectivity index (χ0v) is 23.6. The smallest absolute Gasteiger partial charge is 0.341 e. The van der Waals surface area contributed by atoms with E-state index >= 15 is 0 Å². The minimum atomic E-state index is -4.02. The van der Waals surface area contributed by atoms with Crippen molar-refractivity contribution in [2.24, 2.45) is 23.5 Å². The number of carbonyl (C=O) groups is 1. The molecule has 0 radical (unpaired) electrons. The van der Waals surface area contributed by atoms with Gasteiger partial charge in [-0.3, -0.25) is 9.35 Å². The maximum Gasteiger partial charge on any atom is 0.341 e. The van der Waals surface area contributed by atoms with Crippen molar-refractivity contribution in [3.63, 3.8) is 0 Å². The molecule has 4 atom stereocenters. The molecule has 2 fully saturated rings. The Morgan fingerprint density at radius 2 is 1.77 bits per heavy atom. The van der Waals surface area contributed by atoms with Crippen molar-refractivity contribution in [3.05, 3.63) is 75.2 Å². The fraction of sp³-hybridized carbons (Fsp3) is 0.393. The molecule has 1 saturated heterocycles. The van der Waals surface area contributed by atoms with Crippen LogP contribution in [-0.2, 0) is 10.1 Å². The van der Waals surface area contributed by atoms with Gasteiger partial charge in [0, 0.05) is 43.5 Å². The van der Waals surface area contributed by atoms with E-state index < -0.39 is 21.5 Å². The highest BCUT2D eigenvalue weighted by atomic mass is 35.5. The molecular formula is C28H31ClN4O6S. The molecule has 6 rings (SSSR count). The predicted molar refractivity (Wildman–Crippen MR) is 153 cm³/mol. The minimum absolute atomic E-state index is 0.0169. The summed E-state index contributed by atoms with van der Waals surface area (Å²) in [5, 5.41) is 10.1.